The van der Waals surface area contributed by atoms with Gasteiger partial charge in [0.1, 0.15) is 0 Å². The summed E-state index contributed by atoms with van der Waals surface area (Å²) in [5, 5.41) is 3.60. The summed E-state index contributed by atoms with van der Waals surface area (Å²) in [6.07, 6.45) is 4.03. The minimum absolute atomic E-state index is 0.273. The quantitative estimate of drug-likeness (QED) is 0.678. The molecular formula is C8H11N3O. The predicted octanol–water partition coefficient (Wildman–Crippen LogP) is 1.17. The van der Waals surface area contributed by atoms with Gasteiger partial charge in [0, 0.05) is 5.92 Å². The van der Waals surface area contributed by atoms with Crippen molar-refractivity contribution in [2.24, 2.45) is 11.8 Å². The fraction of sp³-hybridized carbons (Fsp3) is 0.750. The van der Waals surface area contributed by atoms with Gasteiger partial charge in [-0.15, -0.1) is 0 Å². The zero-order valence-corrected chi connectivity index (χ0v) is 6.73. The van der Waals surface area contributed by atoms with Gasteiger partial charge in [-0.25, -0.2) is 0 Å². The van der Waals surface area contributed by atoms with Gasteiger partial charge < -0.3 is 10.3 Å². The van der Waals surface area contributed by atoms with Crippen LogP contribution in [0, 0.1) is 11.8 Å². The summed E-state index contributed by atoms with van der Waals surface area (Å²) in [4.78, 5) is 4.06. The highest BCUT2D eigenvalue weighted by atomic mass is 16.5. The number of rotatable bonds is 1. The summed E-state index contributed by atoms with van der Waals surface area (Å²) in [6, 6.07) is 0. The summed E-state index contributed by atoms with van der Waals surface area (Å²) in [7, 11) is 0. The van der Waals surface area contributed by atoms with Crippen LogP contribution in [-0.2, 0) is 0 Å². The Morgan fingerprint density at radius 3 is 2.67 bits per heavy atom. The van der Waals surface area contributed by atoms with Crippen LogP contribution in [-0.4, -0.2) is 10.1 Å². The first kappa shape index (κ1) is 6.46. The van der Waals surface area contributed by atoms with Crippen molar-refractivity contribution >= 4 is 5.95 Å². The highest BCUT2D eigenvalue weighted by molar-refractivity contribution is 5.20. The van der Waals surface area contributed by atoms with Crippen LogP contribution in [0.4, 0.5) is 5.95 Å². The first-order valence-electron chi connectivity index (χ1n) is 4.45. The second-order valence-corrected chi connectivity index (χ2v) is 3.78. The molecule has 12 heavy (non-hydrogen) atoms. The van der Waals surface area contributed by atoms with E-state index in [4.69, 9.17) is 10.3 Å². The van der Waals surface area contributed by atoms with Crippen molar-refractivity contribution in [3.8, 4) is 0 Å². The molecule has 0 amide bonds. The highest BCUT2D eigenvalue weighted by Crippen LogP contribution is 2.62. The van der Waals surface area contributed by atoms with E-state index < -0.39 is 0 Å². The third-order valence-electron chi connectivity index (χ3n) is 3.15. The lowest BCUT2D eigenvalue weighted by Gasteiger charge is -1.94. The van der Waals surface area contributed by atoms with Crippen molar-refractivity contribution in [2.45, 2.75) is 25.2 Å². The molecule has 64 valence electrons. The number of nitrogen functional groups attached to an aromatic ring is 1. The summed E-state index contributed by atoms with van der Waals surface area (Å²) in [6.45, 7) is 0. The maximum absolute atomic E-state index is 5.38. The molecule has 2 aliphatic carbocycles. The van der Waals surface area contributed by atoms with E-state index in [-0.39, 0.29) is 5.95 Å². The molecule has 1 aromatic rings. The molecule has 0 bridgehead atoms. The fourth-order valence-electron chi connectivity index (χ4n) is 2.57. The molecular weight excluding hydrogens is 154 g/mol. The Kier molecular flexibility index (Phi) is 1.07. The van der Waals surface area contributed by atoms with Crippen LogP contribution in [0.15, 0.2) is 4.52 Å². The third-order valence-corrected chi connectivity index (χ3v) is 3.15. The molecule has 0 aromatic carbocycles. The second-order valence-electron chi connectivity index (χ2n) is 3.78. The molecule has 0 saturated heterocycles. The van der Waals surface area contributed by atoms with Crippen molar-refractivity contribution in [3.63, 3.8) is 0 Å². The summed E-state index contributed by atoms with van der Waals surface area (Å²) >= 11 is 0. The van der Waals surface area contributed by atoms with Crippen LogP contribution in [0.25, 0.3) is 0 Å². The molecule has 2 atom stereocenters. The Balaban J connectivity index is 1.84. The molecule has 0 radical (unpaired) electrons. The number of nitrogens with two attached hydrogens (primary N) is 1. The van der Waals surface area contributed by atoms with Gasteiger partial charge in [0.15, 0.2) is 0 Å². The number of fused-ring (bicyclic) bond motifs is 1. The Labute approximate surface area is 70.1 Å². The van der Waals surface area contributed by atoms with Crippen molar-refractivity contribution in [2.75, 3.05) is 5.73 Å². The van der Waals surface area contributed by atoms with Crippen LogP contribution in [0.5, 0.6) is 0 Å². The molecule has 4 nitrogen and oxygen atoms in total. The Hall–Kier alpha value is -1.06. The number of hydrogen-bond acceptors (Lipinski definition) is 4. The zero-order chi connectivity index (χ0) is 8.13. The molecule has 0 aliphatic heterocycles. The molecule has 3 rings (SSSR count). The van der Waals surface area contributed by atoms with E-state index in [0.717, 1.165) is 17.7 Å². The van der Waals surface area contributed by atoms with E-state index in [1.165, 1.54) is 19.3 Å². The number of anilines is 1. The number of nitrogens with zero attached hydrogens (tertiary/aromatic N) is 2. The lowest BCUT2D eigenvalue weighted by Crippen LogP contribution is -1.89. The first-order valence-corrected chi connectivity index (χ1v) is 4.45. The molecule has 2 unspecified atom stereocenters. The Morgan fingerprint density at radius 1 is 1.33 bits per heavy atom. The van der Waals surface area contributed by atoms with Gasteiger partial charge in [-0.1, -0.05) is 6.42 Å². The Morgan fingerprint density at radius 2 is 2.08 bits per heavy atom. The number of hydrogen-bond donors (Lipinski definition) is 1. The largest absolute Gasteiger partial charge is 0.365 e. The maximum Gasteiger partial charge on any atom is 0.260 e. The van der Waals surface area contributed by atoms with Crippen LogP contribution < -0.4 is 5.73 Å². The fourth-order valence-corrected chi connectivity index (χ4v) is 2.57. The normalized spacial score (nSPS) is 38.2. The molecule has 4 heteroatoms. The van der Waals surface area contributed by atoms with Crippen molar-refractivity contribution in [3.05, 3.63) is 5.89 Å². The van der Waals surface area contributed by atoms with Gasteiger partial charge in [0.05, 0.1) is 0 Å². The minimum atomic E-state index is 0.273. The molecule has 2 N–H and O–H groups in total. The summed E-state index contributed by atoms with van der Waals surface area (Å²) in [5.74, 6) is 3.23. The van der Waals surface area contributed by atoms with E-state index >= 15 is 0 Å². The van der Waals surface area contributed by atoms with E-state index in [0.29, 0.717) is 5.92 Å². The van der Waals surface area contributed by atoms with Crippen molar-refractivity contribution in [1.82, 2.24) is 10.1 Å². The van der Waals surface area contributed by atoms with Gasteiger partial charge in [-0.05, 0) is 29.8 Å². The maximum atomic E-state index is 5.38. The lowest BCUT2D eigenvalue weighted by atomic mass is 10.1. The average molecular weight is 165 g/mol. The second kappa shape index (κ2) is 2.00. The van der Waals surface area contributed by atoms with Crippen LogP contribution >= 0.6 is 0 Å². The van der Waals surface area contributed by atoms with E-state index in [9.17, 15) is 0 Å². The SMILES string of the molecule is Nc1noc(C2C3CCCC32)n1. The monoisotopic (exact) mass is 165 g/mol. The van der Waals surface area contributed by atoms with Gasteiger partial charge in [0.25, 0.3) is 5.95 Å². The van der Waals surface area contributed by atoms with E-state index in [2.05, 4.69) is 10.1 Å². The van der Waals surface area contributed by atoms with Gasteiger partial charge >= 0.3 is 0 Å². The molecule has 2 saturated carbocycles. The molecule has 2 fully saturated rings. The van der Waals surface area contributed by atoms with Crippen molar-refractivity contribution in [1.29, 1.82) is 0 Å². The topological polar surface area (TPSA) is 64.9 Å². The molecule has 1 heterocycles. The van der Waals surface area contributed by atoms with Gasteiger partial charge in [0.2, 0.25) is 5.89 Å². The summed E-state index contributed by atoms with van der Waals surface area (Å²) in [5.41, 5.74) is 5.38. The average Bonchev–Trinajstić information content (AvgIpc) is 2.55. The Bertz CT molecular complexity index is 299. The smallest absolute Gasteiger partial charge is 0.260 e. The predicted molar refractivity (Wildman–Crippen MR) is 42.3 cm³/mol. The molecule has 2 aliphatic rings. The van der Waals surface area contributed by atoms with Gasteiger partial charge in [-0.3, -0.25) is 0 Å². The van der Waals surface area contributed by atoms with Crippen LogP contribution in [0.1, 0.15) is 31.1 Å². The number of aromatic nitrogens is 2. The standard InChI is InChI=1S/C8H11N3O/c9-8-10-7(12-11-8)6-4-2-1-3-5(4)6/h4-6H,1-3H2,(H2,9,11). The summed E-state index contributed by atoms with van der Waals surface area (Å²) < 4.78 is 5.04. The van der Waals surface area contributed by atoms with E-state index in [1.54, 1.807) is 0 Å². The van der Waals surface area contributed by atoms with Crippen LogP contribution in [0.3, 0.4) is 0 Å². The van der Waals surface area contributed by atoms with E-state index in [1.807, 2.05) is 0 Å². The third kappa shape index (κ3) is 0.722. The minimum Gasteiger partial charge on any atom is -0.365 e. The van der Waals surface area contributed by atoms with Gasteiger partial charge in [-0.2, -0.15) is 4.98 Å². The lowest BCUT2D eigenvalue weighted by molar-refractivity contribution is 0.368. The van der Waals surface area contributed by atoms with Crippen molar-refractivity contribution < 1.29 is 4.52 Å². The molecule has 0 spiro atoms. The highest BCUT2D eigenvalue weighted by Gasteiger charge is 2.56. The molecule has 1 aromatic heterocycles. The van der Waals surface area contributed by atoms with Crippen LogP contribution in [0.2, 0.25) is 0 Å². The zero-order valence-electron chi connectivity index (χ0n) is 6.73. The first-order chi connectivity index (χ1) is 5.86.